The number of rotatable bonds is 7. The zero-order valence-corrected chi connectivity index (χ0v) is 11.0. The highest BCUT2D eigenvalue weighted by atomic mass is 32.2. The molecule has 0 aromatic heterocycles. The molecule has 96 valence electrons. The maximum atomic E-state index is 11.4. The Morgan fingerprint density at radius 2 is 2.12 bits per heavy atom. The molecule has 0 spiro atoms. The van der Waals surface area contributed by atoms with Gasteiger partial charge in [-0.2, -0.15) is 8.42 Å². The lowest BCUT2D eigenvalue weighted by atomic mass is 10.7. The van der Waals surface area contributed by atoms with E-state index in [2.05, 4.69) is 13.4 Å². The van der Waals surface area contributed by atoms with Crippen molar-refractivity contribution in [2.75, 3.05) is 19.5 Å². The zero-order valence-electron chi connectivity index (χ0n) is 9.28. The fourth-order valence-corrected chi connectivity index (χ4v) is 2.50. The minimum Gasteiger partial charge on any atom is -0.447 e. The summed E-state index contributed by atoms with van der Waals surface area (Å²) in [7, 11) is -6.63. The number of carbonyl (C=O) groups is 1. The van der Waals surface area contributed by atoms with Crippen LogP contribution in [0.1, 0.15) is 6.92 Å². The molecule has 0 saturated carbocycles. The van der Waals surface area contributed by atoms with Crippen LogP contribution >= 0.6 is 8.03 Å². The Balaban J connectivity index is 4.79. The lowest BCUT2D eigenvalue weighted by Gasteiger charge is -2.04. The molecular weight excluding hydrogens is 271 g/mol. The van der Waals surface area contributed by atoms with E-state index in [1.165, 1.54) is 6.92 Å². The summed E-state index contributed by atoms with van der Waals surface area (Å²) >= 11 is 0. The molecule has 0 aliphatic carbocycles. The molecule has 2 atom stereocenters. The van der Waals surface area contributed by atoms with Gasteiger partial charge in [0.15, 0.2) is 6.61 Å². The van der Waals surface area contributed by atoms with Crippen molar-refractivity contribution in [2.45, 2.75) is 12.8 Å². The molecule has 0 saturated heterocycles. The van der Waals surface area contributed by atoms with Gasteiger partial charge in [-0.05, 0) is 11.5 Å². The molecule has 2 unspecified atom stereocenters. The van der Waals surface area contributed by atoms with Crippen LogP contribution in [0.2, 0.25) is 0 Å². The zero-order chi connectivity index (χ0) is 13.5. The van der Waals surface area contributed by atoms with Crippen LogP contribution in [0.5, 0.6) is 0 Å². The first-order valence-corrected chi connectivity index (χ1v) is 7.45. The molecule has 7 nitrogen and oxygen atoms in total. The molecule has 0 bridgehead atoms. The van der Waals surface area contributed by atoms with Crippen LogP contribution in [0, 0.1) is 12.3 Å². The van der Waals surface area contributed by atoms with Gasteiger partial charge in [-0.15, -0.1) is 10.9 Å². The second kappa shape index (κ2) is 7.35. The highest BCUT2D eigenvalue weighted by Gasteiger charge is 2.45. The molecule has 0 aromatic carbocycles. The summed E-state index contributed by atoms with van der Waals surface area (Å²) < 4.78 is 46.5. The normalized spacial score (nSPS) is 13.6. The lowest BCUT2D eigenvalue weighted by molar-refractivity contribution is -0.146. The summed E-state index contributed by atoms with van der Waals surface area (Å²) in [5.41, 5.74) is 0. The van der Waals surface area contributed by atoms with Crippen LogP contribution in [0.25, 0.3) is 0 Å². The predicted molar refractivity (Wildman–Crippen MR) is 58.7 cm³/mol. The molecule has 0 radical (unpaired) electrons. The Morgan fingerprint density at radius 1 is 1.53 bits per heavy atom. The van der Waals surface area contributed by atoms with Gasteiger partial charge in [0.2, 0.25) is 0 Å². The van der Waals surface area contributed by atoms with Crippen molar-refractivity contribution < 1.29 is 31.2 Å². The highest BCUT2D eigenvalue weighted by molar-refractivity contribution is 7.86. The van der Waals surface area contributed by atoms with Crippen molar-refractivity contribution in [2.24, 2.45) is 0 Å². The molecule has 0 fully saturated rings. The van der Waals surface area contributed by atoms with E-state index < -0.39 is 30.0 Å². The Labute approximate surface area is 100 Å². The maximum absolute atomic E-state index is 11.4. The van der Waals surface area contributed by atoms with Gasteiger partial charge in [0, 0.05) is 0 Å². The van der Waals surface area contributed by atoms with E-state index in [0.29, 0.717) is 6.26 Å². The lowest BCUT2D eigenvalue weighted by Crippen LogP contribution is -2.26. The van der Waals surface area contributed by atoms with Gasteiger partial charge in [-0.25, -0.2) is 8.98 Å². The summed E-state index contributed by atoms with van der Waals surface area (Å²) in [6, 6.07) is 0. The van der Waals surface area contributed by atoms with E-state index in [1.54, 1.807) is 0 Å². The van der Waals surface area contributed by atoms with Crippen molar-refractivity contribution in [3.8, 4) is 12.3 Å². The monoisotopic (exact) mass is 283 g/mol. The SMILES string of the molecule is C#CCOC(=O)C(OS(C)(=O)=O)[P+](=O)OCC. The molecule has 0 aliphatic heterocycles. The standard InChI is InChI=1S/C8H12O7PS/c1-4-6-13-7(9)8(15-17(3,11)12)16(10)14-5-2/h1,8H,5-6H2,2-3H3/q+1. The second-order valence-electron chi connectivity index (χ2n) is 2.67. The Morgan fingerprint density at radius 3 is 2.53 bits per heavy atom. The van der Waals surface area contributed by atoms with E-state index in [4.69, 9.17) is 6.42 Å². The average molecular weight is 283 g/mol. The third kappa shape index (κ3) is 7.02. The first-order valence-electron chi connectivity index (χ1n) is 4.39. The van der Waals surface area contributed by atoms with E-state index in [0.717, 1.165) is 0 Å². The molecule has 9 heteroatoms. The van der Waals surface area contributed by atoms with Crippen LogP contribution in [0.3, 0.4) is 0 Å². The Hall–Kier alpha value is -1.00. The van der Waals surface area contributed by atoms with Crippen LogP contribution in [-0.4, -0.2) is 39.7 Å². The summed E-state index contributed by atoms with van der Waals surface area (Å²) in [5, 5.41) is 0. The summed E-state index contributed by atoms with van der Waals surface area (Å²) in [6.45, 7) is 1.18. The minimum absolute atomic E-state index is 0.0290. The quantitative estimate of drug-likeness (QED) is 0.286. The fraction of sp³-hybridized carbons (Fsp3) is 0.625. The predicted octanol–water partition coefficient (Wildman–Crippen LogP) is 0.244. The first-order chi connectivity index (χ1) is 7.81. The van der Waals surface area contributed by atoms with Gasteiger partial charge in [0.05, 0.1) is 12.9 Å². The number of hydrogen-bond acceptors (Lipinski definition) is 7. The van der Waals surface area contributed by atoms with Gasteiger partial charge >= 0.3 is 19.8 Å². The number of ether oxygens (including phenoxy) is 1. The van der Waals surface area contributed by atoms with Gasteiger partial charge in [0.25, 0.3) is 10.1 Å². The Kier molecular flexibility index (Phi) is 6.92. The smallest absolute Gasteiger partial charge is 0.447 e. The van der Waals surface area contributed by atoms with Gasteiger partial charge < -0.3 is 4.74 Å². The largest absolute Gasteiger partial charge is 0.554 e. The van der Waals surface area contributed by atoms with Gasteiger partial charge in [-0.3, -0.25) is 0 Å². The molecule has 0 aromatic rings. The van der Waals surface area contributed by atoms with E-state index >= 15 is 0 Å². The average Bonchev–Trinajstić information content (AvgIpc) is 2.21. The van der Waals surface area contributed by atoms with Crippen LogP contribution in [0.15, 0.2) is 0 Å². The first kappa shape index (κ1) is 16.0. The van der Waals surface area contributed by atoms with Crippen molar-refractivity contribution in [3.05, 3.63) is 0 Å². The Bertz CT molecular complexity index is 422. The highest BCUT2D eigenvalue weighted by Crippen LogP contribution is 2.32. The third-order valence-electron chi connectivity index (χ3n) is 1.21. The second-order valence-corrected chi connectivity index (χ2v) is 5.57. The van der Waals surface area contributed by atoms with Gasteiger partial charge in [-0.1, -0.05) is 5.92 Å². The van der Waals surface area contributed by atoms with E-state index in [-0.39, 0.29) is 13.2 Å². The van der Waals surface area contributed by atoms with Gasteiger partial charge in [0.1, 0.15) is 0 Å². The number of hydrogen-bond donors (Lipinski definition) is 0. The topological polar surface area (TPSA) is 96.0 Å². The maximum Gasteiger partial charge on any atom is 0.554 e. The molecule has 17 heavy (non-hydrogen) atoms. The number of esters is 1. The van der Waals surface area contributed by atoms with Crippen LogP contribution in [-0.2, 0) is 32.9 Å². The van der Waals surface area contributed by atoms with Crippen LogP contribution < -0.4 is 0 Å². The molecular formula is C8H12O7PS+. The van der Waals surface area contributed by atoms with Crippen molar-refractivity contribution in [3.63, 3.8) is 0 Å². The van der Waals surface area contributed by atoms with Crippen LogP contribution in [0.4, 0.5) is 0 Å². The van der Waals surface area contributed by atoms with Crippen molar-refractivity contribution in [1.29, 1.82) is 0 Å². The fourth-order valence-electron chi connectivity index (χ4n) is 0.705. The number of terminal acetylenes is 1. The minimum atomic E-state index is -3.97. The molecule has 0 heterocycles. The summed E-state index contributed by atoms with van der Waals surface area (Å²) in [6.07, 6.45) is 5.56. The number of carbonyl (C=O) groups excluding carboxylic acids is 1. The molecule has 0 aliphatic rings. The van der Waals surface area contributed by atoms with Crippen molar-refractivity contribution in [1.82, 2.24) is 0 Å². The van der Waals surface area contributed by atoms with E-state index in [9.17, 15) is 17.8 Å². The molecule has 0 N–H and O–H groups in total. The summed E-state index contributed by atoms with van der Waals surface area (Å²) in [5.74, 6) is -0.986. The molecule has 0 amide bonds. The van der Waals surface area contributed by atoms with E-state index in [1.807, 2.05) is 5.92 Å². The molecule has 0 rings (SSSR count). The van der Waals surface area contributed by atoms with Crippen molar-refractivity contribution >= 4 is 24.1 Å². The third-order valence-corrected chi connectivity index (χ3v) is 3.11. The summed E-state index contributed by atoms with van der Waals surface area (Å²) in [4.78, 5) is 11.3.